The molecule has 0 amide bonds. The van der Waals surface area contributed by atoms with Crippen molar-refractivity contribution in [2.24, 2.45) is 0 Å². The summed E-state index contributed by atoms with van der Waals surface area (Å²) >= 11 is 2.86. The number of halogens is 5. The zero-order valence-electron chi connectivity index (χ0n) is 6.74. The van der Waals surface area contributed by atoms with Crippen LogP contribution in [0.4, 0.5) is 17.6 Å². The molecule has 14 heavy (non-hydrogen) atoms. The highest BCUT2D eigenvalue weighted by Gasteiger charge is 2.31. The van der Waals surface area contributed by atoms with E-state index in [1.165, 1.54) is 12.1 Å². The number of ether oxygens (including phenoxy) is 1. The molecule has 0 atom stereocenters. The van der Waals surface area contributed by atoms with Gasteiger partial charge in [-0.3, -0.25) is 0 Å². The predicted molar refractivity (Wildman–Crippen MR) is 45.6 cm³/mol. The van der Waals surface area contributed by atoms with Crippen LogP contribution in [0.2, 0.25) is 0 Å². The van der Waals surface area contributed by atoms with Crippen LogP contribution in [-0.2, 0) is 6.67 Å². The smallest absolute Gasteiger partial charge is 0.405 e. The number of hydrogen-bond donors (Lipinski definition) is 0. The van der Waals surface area contributed by atoms with Crippen LogP contribution in [0.25, 0.3) is 0 Å². The highest BCUT2D eigenvalue weighted by molar-refractivity contribution is 9.10. The van der Waals surface area contributed by atoms with Gasteiger partial charge in [-0.1, -0.05) is 6.07 Å². The Morgan fingerprint density at radius 1 is 1.29 bits per heavy atom. The van der Waals surface area contributed by atoms with Crippen molar-refractivity contribution < 1.29 is 22.3 Å². The lowest BCUT2D eigenvalue weighted by atomic mass is 10.2. The standard InChI is InChI=1S/C8H5BrF4O/c9-6-2-1-5(4-10)3-7(6)14-8(11,12)13/h1-3H,4H2. The quantitative estimate of drug-likeness (QED) is 0.744. The van der Waals surface area contributed by atoms with Crippen molar-refractivity contribution in [1.29, 1.82) is 0 Å². The van der Waals surface area contributed by atoms with Gasteiger partial charge in [-0.25, -0.2) is 4.39 Å². The Balaban J connectivity index is 2.95. The molecular formula is C8H5BrF4O. The Morgan fingerprint density at radius 3 is 2.43 bits per heavy atom. The summed E-state index contributed by atoms with van der Waals surface area (Å²) in [6, 6.07) is 3.67. The van der Waals surface area contributed by atoms with Crippen LogP contribution in [0.15, 0.2) is 22.7 Å². The van der Waals surface area contributed by atoms with Crippen LogP contribution in [0.5, 0.6) is 5.75 Å². The molecule has 0 aromatic heterocycles. The van der Waals surface area contributed by atoms with E-state index in [1.54, 1.807) is 0 Å². The maximum Gasteiger partial charge on any atom is 0.573 e. The second-order valence-corrected chi connectivity index (χ2v) is 3.30. The van der Waals surface area contributed by atoms with E-state index in [2.05, 4.69) is 20.7 Å². The zero-order chi connectivity index (χ0) is 10.8. The molecule has 0 saturated carbocycles. The molecule has 78 valence electrons. The van der Waals surface area contributed by atoms with E-state index in [9.17, 15) is 17.6 Å². The van der Waals surface area contributed by atoms with Crippen LogP contribution in [-0.4, -0.2) is 6.36 Å². The average Bonchev–Trinajstić information content (AvgIpc) is 2.06. The maximum atomic E-state index is 12.1. The van der Waals surface area contributed by atoms with Crippen LogP contribution in [0.3, 0.4) is 0 Å². The molecule has 1 rings (SSSR count). The highest BCUT2D eigenvalue weighted by Crippen LogP contribution is 2.31. The van der Waals surface area contributed by atoms with E-state index in [0.717, 1.165) is 6.07 Å². The Kier molecular flexibility index (Phi) is 3.36. The topological polar surface area (TPSA) is 9.23 Å². The minimum absolute atomic E-state index is 0.132. The highest BCUT2D eigenvalue weighted by atomic mass is 79.9. The number of benzene rings is 1. The predicted octanol–water partition coefficient (Wildman–Crippen LogP) is 3.82. The lowest BCUT2D eigenvalue weighted by molar-refractivity contribution is -0.274. The van der Waals surface area contributed by atoms with Crippen LogP contribution in [0, 0.1) is 0 Å². The molecule has 0 spiro atoms. The van der Waals surface area contributed by atoms with Crippen LogP contribution < -0.4 is 4.74 Å². The summed E-state index contributed by atoms with van der Waals surface area (Å²) in [6.45, 7) is -0.832. The summed E-state index contributed by atoms with van der Waals surface area (Å²) < 4.78 is 51.4. The normalized spacial score (nSPS) is 11.5. The summed E-state index contributed by atoms with van der Waals surface area (Å²) in [6.07, 6.45) is -4.77. The fourth-order valence-electron chi connectivity index (χ4n) is 0.834. The van der Waals surface area contributed by atoms with Crippen LogP contribution in [0.1, 0.15) is 5.56 Å². The number of hydrogen-bond acceptors (Lipinski definition) is 1. The van der Waals surface area contributed by atoms with E-state index < -0.39 is 18.8 Å². The van der Waals surface area contributed by atoms with E-state index in [-0.39, 0.29) is 10.0 Å². The summed E-state index contributed by atoms with van der Waals surface area (Å²) in [5, 5.41) is 0. The molecule has 1 aromatic carbocycles. The van der Waals surface area contributed by atoms with Crippen LogP contribution >= 0.6 is 15.9 Å². The summed E-state index contributed by atoms with van der Waals surface area (Å²) in [4.78, 5) is 0. The van der Waals surface area contributed by atoms with Crippen molar-refractivity contribution in [3.05, 3.63) is 28.2 Å². The fraction of sp³-hybridized carbons (Fsp3) is 0.250. The lowest BCUT2D eigenvalue weighted by Gasteiger charge is -2.10. The van der Waals surface area contributed by atoms with Gasteiger partial charge in [-0.15, -0.1) is 13.2 Å². The first-order valence-corrected chi connectivity index (χ1v) is 4.32. The molecule has 0 fully saturated rings. The molecule has 1 nitrogen and oxygen atoms in total. The summed E-state index contributed by atoms with van der Waals surface area (Å²) in [5.41, 5.74) is 0.132. The van der Waals surface area contributed by atoms with Gasteiger partial charge in [0.25, 0.3) is 0 Å². The molecule has 0 heterocycles. The van der Waals surface area contributed by atoms with Crippen molar-refractivity contribution >= 4 is 15.9 Å². The van der Waals surface area contributed by atoms with E-state index in [1.807, 2.05) is 0 Å². The van der Waals surface area contributed by atoms with Crippen molar-refractivity contribution in [2.75, 3.05) is 0 Å². The third-order valence-corrected chi connectivity index (χ3v) is 2.03. The number of alkyl halides is 4. The Hall–Kier alpha value is -0.780. The van der Waals surface area contributed by atoms with Gasteiger partial charge in [0.1, 0.15) is 12.4 Å². The minimum Gasteiger partial charge on any atom is -0.405 e. The average molecular weight is 273 g/mol. The van der Waals surface area contributed by atoms with Gasteiger partial charge in [0.05, 0.1) is 4.47 Å². The monoisotopic (exact) mass is 272 g/mol. The molecular weight excluding hydrogens is 268 g/mol. The summed E-state index contributed by atoms with van der Waals surface area (Å²) in [5.74, 6) is -0.437. The van der Waals surface area contributed by atoms with Gasteiger partial charge in [0, 0.05) is 0 Å². The second-order valence-electron chi connectivity index (χ2n) is 2.45. The third kappa shape index (κ3) is 3.17. The van der Waals surface area contributed by atoms with E-state index >= 15 is 0 Å². The molecule has 1 aromatic rings. The van der Waals surface area contributed by atoms with E-state index in [0.29, 0.717) is 0 Å². The van der Waals surface area contributed by atoms with Crippen molar-refractivity contribution in [3.8, 4) is 5.75 Å². The van der Waals surface area contributed by atoms with Gasteiger partial charge in [-0.2, -0.15) is 0 Å². The fourth-order valence-corrected chi connectivity index (χ4v) is 1.16. The Bertz CT molecular complexity index is 324. The first-order chi connectivity index (χ1) is 6.42. The van der Waals surface area contributed by atoms with Crippen molar-refractivity contribution in [3.63, 3.8) is 0 Å². The molecule has 0 saturated heterocycles. The Labute approximate surface area is 85.8 Å². The lowest BCUT2D eigenvalue weighted by Crippen LogP contribution is -2.17. The van der Waals surface area contributed by atoms with Crippen molar-refractivity contribution in [1.82, 2.24) is 0 Å². The first kappa shape index (κ1) is 11.3. The third-order valence-electron chi connectivity index (χ3n) is 1.38. The van der Waals surface area contributed by atoms with Gasteiger partial charge in [0.2, 0.25) is 0 Å². The van der Waals surface area contributed by atoms with Gasteiger partial charge >= 0.3 is 6.36 Å². The van der Waals surface area contributed by atoms with E-state index in [4.69, 9.17) is 0 Å². The Morgan fingerprint density at radius 2 is 1.93 bits per heavy atom. The molecule has 0 N–H and O–H groups in total. The molecule has 0 aliphatic rings. The minimum atomic E-state index is -4.77. The molecule has 0 radical (unpaired) electrons. The second kappa shape index (κ2) is 4.16. The molecule has 0 aliphatic heterocycles. The molecule has 0 unspecified atom stereocenters. The molecule has 0 bridgehead atoms. The van der Waals surface area contributed by atoms with Crippen molar-refractivity contribution in [2.45, 2.75) is 13.0 Å². The molecule has 6 heteroatoms. The van der Waals surface area contributed by atoms with Gasteiger partial charge in [0.15, 0.2) is 0 Å². The SMILES string of the molecule is FCc1ccc(Br)c(OC(F)(F)F)c1. The molecule has 0 aliphatic carbocycles. The van der Waals surface area contributed by atoms with Gasteiger partial charge in [-0.05, 0) is 33.6 Å². The zero-order valence-corrected chi connectivity index (χ0v) is 8.32. The first-order valence-electron chi connectivity index (χ1n) is 3.52. The summed E-state index contributed by atoms with van der Waals surface area (Å²) in [7, 11) is 0. The number of rotatable bonds is 2. The largest absolute Gasteiger partial charge is 0.573 e. The maximum absolute atomic E-state index is 12.1. The van der Waals surface area contributed by atoms with Gasteiger partial charge < -0.3 is 4.74 Å².